The fraction of sp³-hybridized carbons (Fsp3) is 0.727. The molecule has 0 radical (unpaired) electrons. The van der Waals surface area contributed by atoms with E-state index in [2.05, 4.69) is 10.1 Å². The zero-order valence-electron chi connectivity index (χ0n) is 10.4. The van der Waals surface area contributed by atoms with E-state index in [4.69, 9.17) is 9.63 Å². The summed E-state index contributed by atoms with van der Waals surface area (Å²) in [5, 5.41) is 12.5. The van der Waals surface area contributed by atoms with Gasteiger partial charge in [-0.05, 0) is 5.41 Å². The highest BCUT2D eigenvalue weighted by atomic mass is 19.4. The van der Waals surface area contributed by atoms with Crippen LogP contribution in [0.15, 0.2) is 4.52 Å². The molecule has 5 nitrogen and oxygen atoms in total. The van der Waals surface area contributed by atoms with Crippen LogP contribution in [0.1, 0.15) is 37.9 Å². The predicted molar refractivity (Wildman–Crippen MR) is 56.3 cm³/mol. The molecule has 2 atom stereocenters. The molecule has 1 aliphatic carbocycles. The number of carbonyl (C=O) groups is 1. The average molecular weight is 278 g/mol. The Morgan fingerprint density at radius 3 is 2.58 bits per heavy atom. The first-order valence-corrected chi connectivity index (χ1v) is 5.75. The lowest BCUT2D eigenvalue weighted by atomic mass is 10.1. The van der Waals surface area contributed by atoms with Crippen LogP contribution in [0.3, 0.4) is 0 Å². The van der Waals surface area contributed by atoms with Gasteiger partial charge in [0.1, 0.15) is 0 Å². The van der Waals surface area contributed by atoms with Gasteiger partial charge < -0.3 is 9.63 Å². The molecule has 1 aliphatic rings. The van der Waals surface area contributed by atoms with Crippen molar-refractivity contribution in [3.63, 3.8) is 0 Å². The summed E-state index contributed by atoms with van der Waals surface area (Å²) in [6, 6.07) is 0. The molecule has 1 N–H and O–H groups in total. The molecule has 0 aromatic carbocycles. The molecule has 1 fully saturated rings. The third-order valence-corrected chi connectivity index (χ3v) is 3.48. The van der Waals surface area contributed by atoms with Crippen LogP contribution < -0.4 is 0 Å². The van der Waals surface area contributed by atoms with Crippen molar-refractivity contribution >= 4 is 5.97 Å². The molecule has 1 aromatic rings. The van der Waals surface area contributed by atoms with Crippen LogP contribution in [0.4, 0.5) is 13.2 Å². The van der Waals surface area contributed by atoms with Crippen molar-refractivity contribution in [3.8, 4) is 0 Å². The van der Waals surface area contributed by atoms with Gasteiger partial charge in [-0.2, -0.15) is 18.2 Å². The summed E-state index contributed by atoms with van der Waals surface area (Å²) in [6.07, 6.45) is -5.66. The second-order valence-electron chi connectivity index (χ2n) is 5.28. The smallest absolute Gasteiger partial charge is 0.389 e. The van der Waals surface area contributed by atoms with Crippen molar-refractivity contribution < 1.29 is 27.6 Å². The van der Waals surface area contributed by atoms with Crippen LogP contribution in [0.5, 0.6) is 0 Å². The summed E-state index contributed by atoms with van der Waals surface area (Å²) >= 11 is 0. The van der Waals surface area contributed by atoms with Crippen LogP contribution in [-0.2, 0) is 11.2 Å². The van der Waals surface area contributed by atoms with E-state index in [1.54, 1.807) is 13.8 Å². The molecule has 1 heterocycles. The van der Waals surface area contributed by atoms with Crippen molar-refractivity contribution in [2.75, 3.05) is 0 Å². The quantitative estimate of drug-likeness (QED) is 0.915. The van der Waals surface area contributed by atoms with E-state index in [9.17, 15) is 18.0 Å². The summed E-state index contributed by atoms with van der Waals surface area (Å²) < 4.78 is 41.0. The number of hydrogen-bond donors (Lipinski definition) is 1. The van der Waals surface area contributed by atoms with Gasteiger partial charge in [-0.15, -0.1) is 0 Å². The maximum atomic E-state index is 12.0. The van der Waals surface area contributed by atoms with Crippen LogP contribution in [0, 0.1) is 11.3 Å². The number of alkyl halides is 3. The number of aliphatic carboxylic acids is 1. The number of carboxylic acids is 1. The summed E-state index contributed by atoms with van der Waals surface area (Å²) in [5.74, 6) is -1.97. The molecule has 0 saturated heterocycles. The zero-order valence-corrected chi connectivity index (χ0v) is 10.4. The van der Waals surface area contributed by atoms with E-state index in [1.807, 2.05) is 0 Å². The Balaban J connectivity index is 2.05. The zero-order chi connectivity index (χ0) is 14.4. The van der Waals surface area contributed by atoms with Gasteiger partial charge in [-0.25, -0.2) is 0 Å². The maximum Gasteiger partial charge on any atom is 0.389 e. The van der Waals surface area contributed by atoms with Gasteiger partial charge in [-0.1, -0.05) is 19.0 Å². The molecule has 0 aliphatic heterocycles. The van der Waals surface area contributed by atoms with Gasteiger partial charge in [0.2, 0.25) is 5.89 Å². The second-order valence-corrected chi connectivity index (χ2v) is 5.28. The Morgan fingerprint density at radius 2 is 2.11 bits per heavy atom. The van der Waals surface area contributed by atoms with E-state index in [0.29, 0.717) is 0 Å². The number of halogens is 3. The summed E-state index contributed by atoms with van der Waals surface area (Å²) in [5.41, 5.74) is -0.514. The highest BCUT2D eigenvalue weighted by Gasteiger charge is 2.65. The molecule has 0 amide bonds. The first kappa shape index (κ1) is 13.8. The third-order valence-electron chi connectivity index (χ3n) is 3.48. The molecule has 8 heteroatoms. The fourth-order valence-electron chi connectivity index (χ4n) is 2.31. The lowest BCUT2D eigenvalue weighted by Crippen LogP contribution is -2.09. The van der Waals surface area contributed by atoms with Gasteiger partial charge in [0.15, 0.2) is 5.82 Å². The average Bonchev–Trinajstić information content (AvgIpc) is 2.65. The van der Waals surface area contributed by atoms with E-state index < -0.39 is 35.8 Å². The van der Waals surface area contributed by atoms with Crippen LogP contribution >= 0.6 is 0 Å². The Morgan fingerprint density at radius 1 is 1.47 bits per heavy atom. The predicted octanol–water partition coefficient (Wildman–Crippen LogP) is 2.39. The summed E-state index contributed by atoms with van der Waals surface area (Å²) in [4.78, 5) is 14.8. The van der Waals surface area contributed by atoms with Gasteiger partial charge in [0.25, 0.3) is 0 Å². The van der Waals surface area contributed by atoms with E-state index in [-0.39, 0.29) is 18.1 Å². The van der Waals surface area contributed by atoms with E-state index in [1.165, 1.54) is 0 Å². The molecule has 106 valence electrons. The molecule has 0 bridgehead atoms. The first-order valence-electron chi connectivity index (χ1n) is 5.75. The van der Waals surface area contributed by atoms with Crippen molar-refractivity contribution in [1.82, 2.24) is 10.1 Å². The minimum Gasteiger partial charge on any atom is -0.481 e. The molecule has 1 aromatic heterocycles. The van der Waals surface area contributed by atoms with Crippen molar-refractivity contribution in [1.29, 1.82) is 0 Å². The van der Waals surface area contributed by atoms with Crippen LogP contribution in [-0.4, -0.2) is 27.4 Å². The van der Waals surface area contributed by atoms with Gasteiger partial charge >= 0.3 is 12.1 Å². The Labute approximate surface area is 106 Å². The lowest BCUT2D eigenvalue weighted by Gasteiger charge is -2.01. The Hall–Kier alpha value is -1.60. The van der Waals surface area contributed by atoms with E-state index >= 15 is 0 Å². The molecule has 2 unspecified atom stereocenters. The van der Waals surface area contributed by atoms with Gasteiger partial charge in [0.05, 0.1) is 18.3 Å². The maximum absolute atomic E-state index is 12.0. The molecule has 2 rings (SSSR count). The molecule has 1 saturated carbocycles. The van der Waals surface area contributed by atoms with E-state index in [0.717, 1.165) is 0 Å². The minimum absolute atomic E-state index is 0.0424. The minimum atomic E-state index is -4.27. The summed E-state index contributed by atoms with van der Waals surface area (Å²) in [6.45, 7) is 3.49. The number of aromatic nitrogens is 2. The normalized spacial score (nSPS) is 25.3. The highest BCUT2D eigenvalue weighted by molar-refractivity contribution is 5.77. The standard InChI is InChI=1S/C11H13F3N2O3/c1-10(2)6(7(10)9(17)18)8-15-5(16-19-8)3-4-11(12,13)14/h6-7H,3-4H2,1-2H3,(H,17,18). The fourth-order valence-corrected chi connectivity index (χ4v) is 2.31. The molecule has 19 heavy (non-hydrogen) atoms. The lowest BCUT2D eigenvalue weighted by molar-refractivity contribution is -0.139. The topological polar surface area (TPSA) is 76.2 Å². The van der Waals surface area contributed by atoms with Crippen LogP contribution in [0.25, 0.3) is 0 Å². The highest BCUT2D eigenvalue weighted by Crippen LogP contribution is 2.64. The van der Waals surface area contributed by atoms with Gasteiger partial charge in [0, 0.05) is 6.42 Å². The SMILES string of the molecule is CC1(C)C(C(=O)O)C1c1nc(CCC(F)(F)F)no1. The Bertz CT molecular complexity index is 496. The number of hydrogen-bond acceptors (Lipinski definition) is 4. The van der Waals surface area contributed by atoms with Crippen molar-refractivity contribution in [2.24, 2.45) is 11.3 Å². The summed E-state index contributed by atoms with van der Waals surface area (Å²) in [7, 11) is 0. The Kier molecular flexibility index (Phi) is 3.06. The largest absolute Gasteiger partial charge is 0.481 e. The third kappa shape index (κ3) is 2.71. The second kappa shape index (κ2) is 4.21. The number of aryl methyl sites for hydroxylation is 1. The number of carboxylic acid groups (broad SMARTS) is 1. The number of nitrogens with zero attached hydrogens (tertiary/aromatic N) is 2. The van der Waals surface area contributed by atoms with Crippen molar-refractivity contribution in [2.45, 2.75) is 38.8 Å². The molecular weight excluding hydrogens is 265 g/mol. The molecular formula is C11H13F3N2O3. The number of rotatable bonds is 4. The van der Waals surface area contributed by atoms with Crippen LogP contribution in [0.2, 0.25) is 0 Å². The molecule has 0 spiro atoms. The van der Waals surface area contributed by atoms with Gasteiger partial charge in [-0.3, -0.25) is 4.79 Å². The monoisotopic (exact) mass is 278 g/mol. The van der Waals surface area contributed by atoms with Crippen molar-refractivity contribution in [3.05, 3.63) is 11.7 Å². The first-order chi connectivity index (χ1) is 8.63.